The van der Waals surface area contributed by atoms with Crippen LogP contribution in [0.5, 0.6) is 0 Å². The predicted molar refractivity (Wildman–Crippen MR) is 68.6 cm³/mol. The molecule has 0 radical (unpaired) electrons. The van der Waals surface area contributed by atoms with E-state index in [9.17, 15) is 22.0 Å². The zero-order valence-electron chi connectivity index (χ0n) is 11.0. The fourth-order valence-corrected chi connectivity index (χ4v) is 1.99. The third-order valence-electron chi connectivity index (χ3n) is 3.22. The van der Waals surface area contributed by atoms with Gasteiger partial charge in [-0.25, -0.2) is 8.78 Å². The summed E-state index contributed by atoms with van der Waals surface area (Å²) in [6, 6.07) is 5.70. The Morgan fingerprint density at radius 2 is 1.71 bits per heavy atom. The number of rotatable bonds is 2. The summed E-state index contributed by atoms with van der Waals surface area (Å²) >= 11 is 0. The SMILES string of the molecule is Cc1ccc(C(N)c2cccc(C(F)(F)F)c2F)cc1F. The van der Waals surface area contributed by atoms with Crippen LogP contribution in [-0.2, 0) is 6.18 Å². The molecule has 0 bridgehead atoms. The van der Waals surface area contributed by atoms with E-state index in [1.165, 1.54) is 19.1 Å². The molecule has 2 N–H and O–H groups in total. The quantitative estimate of drug-likeness (QED) is 0.820. The van der Waals surface area contributed by atoms with Crippen LogP contribution in [0.1, 0.15) is 28.3 Å². The lowest BCUT2D eigenvalue weighted by Gasteiger charge is -2.17. The standard InChI is InChI=1S/C15H12F5N/c1-8-5-6-9(7-12(8)16)14(21)10-3-2-4-11(13(10)17)15(18,19)20/h2-7,14H,21H2,1H3. The van der Waals surface area contributed by atoms with E-state index in [1.807, 2.05) is 0 Å². The minimum atomic E-state index is -4.81. The molecule has 2 aromatic carbocycles. The topological polar surface area (TPSA) is 26.0 Å². The Morgan fingerprint density at radius 1 is 1.05 bits per heavy atom. The number of aryl methyl sites for hydroxylation is 1. The Morgan fingerprint density at radius 3 is 2.29 bits per heavy atom. The van der Waals surface area contributed by atoms with Crippen LogP contribution in [0.3, 0.4) is 0 Å². The maximum atomic E-state index is 14.0. The molecule has 0 saturated heterocycles. The van der Waals surface area contributed by atoms with Crippen LogP contribution in [0.2, 0.25) is 0 Å². The highest BCUT2D eigenvalue weighted by molar-refractivity contribution is 5.37. The van der Waals surface area contributed by atoms with Gasteiger partial charge in [0.2, 0.25) is 0 Å². The smallest absolute Gasteiger partial charge is 0.320 e. The van der Waals surface area contributed by atoms with E-state index < -0.39 is 29.4 Å². The van der Waals surface area contributed by atoms with Crippen LogP contribution in [0, 0.1) is 18.6 Å². The number of benzene rings is 2. The van der Waals surface area contributed by atoms with E-state index in [0.717, 1.165) is 18.2 Å². The number of hydrogen-bond donors (Lipinski definition) is 1. The lowest BCUT2D eigenvalue weighted by molar-refractivity contribution is -0.140. The summed E-state index contributed by atoms with van der Waals surface area (Å²) in [6.45, 7) is 1.54. The maximum absolute atomic E-state index is 14.0. The Hall–Kier alpha value is -1.95. The van der Waals surface area contributed by atoms with Crippen molar-refractivity contribution in [1.82, 2.24) is 0 Å². The molecule has 0 aliphatic rings. The highest BCUT2D eigenvalue weighted by Gasteiger charge is 2.35. The van der Waals surface area contributed by atoms with Crippen LogP contribution >= 0.6 is 0 Å². The van der Waals surface area contributed by atoms with Gasteiger partial charge in [0.05, 0.1) is 11.6 Å². The molecular formula is C15H12F5N. The third-order valence-corrected chi connectivity index (χ3v) is 3.22. The molecule has 0 fully saturated rings. The van der Waals surface area contributed by atoms with Gasteiger partial charge < -0.3 is 5.73 Å². The second-order valence-electron chi connectivity index (χ2n) is 4.69. The molecule has 2 rings (SSSR count). The van der Waals surface area contributed by atoms with Crippen LogP contribution in [0.4, 0.5) is 22.0 Å². The Bertz CT molecular complexity index is 664. The molecule has 0 saturated carbocycles. The van der Waals surface area contributed by atoms with Crippen LogP contribution < -0.4 is 5.73 Å². The average molecular weight is 301 g/mol. The van der Waals surface area contributed by atoms with Crippen molar-refractivity contribution in [3.05, 3.63) is 70.3 Å². The fourth-order valence-electron chi connectivity index (χ4n) is 1.99. The molecule has 1 nitrogen and oxygen atoms in total. The van der Waals surface area contributed by atoms with Crippen molar-refractivity contribution in [2.24, 2.45) is 5.73 Å². The van der Waals surface area contributed by atoms with Crippen molar-refractivity contribution in [2.45, 2.75) is 19.1 Å². The van der Waals surface area contributed by atoms with Gasteiger partial charge in [0, 0.05) is 5.56 Å². The van der Waals surface area contributed by atoms with E-state index >= 15 is 0 Å². The van der Waals surface area contributed by atoms with Gasteiger partial charge >= 0.3 is 6.18 Å². The second-order valence-corrected chi connectivity index (χ2v) is 4.69. The van der Waals surface area contributed by atoms with Gasteiger partial charge in [0.25, 0.3) is 0 Å². The number of halogens is 5. The van der Waals surface area contributed by atoms with Crippen molar-refractivity contribution in [3.63, 3.8) is 0 Å². The van der Waals surface area contributed by atoms with E-state index in [0.29, 0.717) is 11.6 Å². The Balaban J connectivity index is 2.48. The number of nitrogens with two attached hydrogens (primary N) is 1. The fraction of sp³-hybridized carbons (Fsp3) is 0.200. The molecule has 112 valence electrons. The largest absolute Gasteiger partial charge is 0.419 e. The minimum Gasteiger partial charge on any atom is -0.320 e. The molecule has 1 unspecified atom stereocenters. The van der Waals surface area contributed by atoms with Gasteiger partial charge in [-0.1, -0.05) is 24.3 Å². The third kappa shape index (κ3) is 3.05. The van der Waals surface area contributed by atoms with E-state index in [1.54, 1.807) is 0 Å². The molecule has 0 amide bonds. The average Bonchev–Trinajstić information content (AvgIpc) is 2.40. The van der Waals surface area contributed by atoms with Crippen molar-refractivity contribution in [1.29, 1.82) is 0 Å². The number of hydrogen-bond acceptors (Lipinski definition) is 1. The molecule has 2 aromatic rings. The van der Waals surface area contributed by atoms with Gasteiger partial charge in [0.1, 0.15) is 11.6 Å². The molecule has 1 atom stereocenters. The first kappa shape index (κ1) is 15.4. The second kappa shape index (κ2) is 5.44. The normalized spacial score (nSPS) is 13.3. The summed E-state index contributed by atoms with van der Waals surface area (Å²) in [7, 11) is 0. The predicted octanol–water partition coefficient (Wildman–Crippen LogP) is 4.34. The Kier molecular flexibility index (Phi) is 4.00. The maximum Gasteiger partial charge on any atom is 0.419 e. The van der Waals surface area contributed by atoms with E-state index in [4.69, 9.17) is 5.73 Å². The first-order chi connectivity index (χ1) is 9.71. The van der Waals surface area contributed by atoms with Crippen LogP contribution in [-0.4, -0.2) is 0 Å². The van der Waals surface area contributed by atoms with Gasteiger partial charge in [-0.2, -0.15) is 13.2 Å². The van der Waals surface area contributed by atoms with Crippen LogP contribution in [0.25, 0.3) is 0 Å². The highest BCUT2D eigenvalue weighted by atomic mass is 19.4. The zero-order chi connectivity index (χ0) is 15.8. The molecule has 6 heteroatoms. The van der Waals surface area contributed by atoms with Gasteiger partial charge in [-0.3, -0.25) is 0 Å². The lowest BCUT2D eigenvalue weighted by Crippen LogP contribution is -2.17. The van der Waals surface area contributed by atoms with Gasteiger partial charge in [0.15, 0.2) is 0 Å². The first-order valence-corrected chi connectivity index (χ1v) is 6.09. The van der Waals surface area contributed by atoms with Gasteiger partial charge in [-0.15, -0.1) is 0 Å². The van der Waals surface area contributed by atoms with Crippen molar-refractivity contribution in [2.75, 3.05) is 0 Å². The summed E-state index contributed by atoms with van der Waals surface area (Å²) in [5, 5.41) is 0. The van der Waals surface area contributed by atoms with Crippen molar-refractivity contribution >= 4 is 0 Å². The van der Waals surface area contributed by atoms with E-state index in [2.05, 4.69) is 0 Å². The first-order valence-electron chi connectivity index (χ1n) is 6.09. The molecule has 21 heavy (non-hydrogen) atoms. The molecule has 0 heterocycles. The van der Waals surface area contributed by atoms with Crippen LogP contribution in [0.15, 0.2) is 36.4 Å². The zero-order valence-corrected chi connectivity index (χ0v) is 11.0. The molecule has 0 aliphatic carbocycles. The Labute approximate surface area is 118 Å². The molecular weight excluding hydrogens is 289 g/mol. The number of alkyl halides is 3. The lowest BCUT2D eigenvalue weighted by atomic mass is 9.96. The minimum absolute atomic E-state index is 0.205. The van der Waals surface area contributed by atoms with Crippen molar-refractivity contribution in [3.8, 4) is 0 Å². The summed E-state index contributed by atoms with van der Waals surface area (Å²) in [5.41, 5.74) is 4.64. The highest BCUT2D eigenvalue weighted by Crippen LogP contribution is 2.34. The summed E-state index contributed by atoms with van der Waals surface area (Å²) < 4.78 is 65.5. The van der Waals surface area contributed by atoms with Gasteiger partial charge in [-0.05, 0) is 30.2 Å². The summed E-state index contributed by atoms with van der Waals surface area (Å²) in [6.07, 6.45) is -4.81. The summed E-state index contributed by atoms with van der Waals surface area (Å²) in [5.74, 6) is -1.98. The van der Waals surface area contributed by atoms with Crippen molar-refractivity contribution < 1.29 is 22.0 Å². The molecule has 0 aromatic heterocycles. The summed E-state index contributed by atoms with van der Waals surface area (Å²) in [4.78, 5) is 0. The molecule has 0 spiro atoms. The monoisotopic (exact) mass is 301 g/mol. The van der Waals surface area contributed by atoms with E-state index in [-0.39, 0.29) is 11.1 Å². The molecule has 0 aliphatic heterocycles.